The molecule has 0 bridgehead atoms. The zero-order valence-electron chi connectivity index (χ0n) is 20.4. The number of carbonyl (C=O) groups excluding carboxylic acids is 2. The summed E-state index contributed by atoms with van der Waals surface area (Å²) in [5.74, 6) is 0.386. The van der Waals surface area contributed by atoms with Gasteiger partial charge in [-0.05, 0) is 61.0 Å². The maximum absolute atomic E-state index is 12.6. The molecule has 3 rings (SSSR count). The molecule has 11 nitrogen and oxygen atoms in total. The van der Waals surface area contributed by atoms with Gasteiger partial charge in [-0.2, -0.15) is 5.10 Å². The molecular weight excluding hydrogens is 488 g/mol. The fourth-order valence-electron chi connectivity index (χ4n) is 3.50. The van der Waals surface area contributed by atoms with Gasteiger partial charge in [0.2, 0.25) is 10.0 Å². The molecule has 1 aliphatic heterocycles. The summed E-state index contributed by atoms with van der Waals surface area (Å²) < 4.78 is 41.7. The summed E-state index contributed by atoms with van der Waals surface area (Å²) in [6.07, 6.45) is 2.45. The van der Waals surface area contributed by atoms with Gasteiger partial charge in [-0.3, -0.25) is 13.9 Å². The van der Waals surface area contributed by atoms with Crippen LogP contribution in [-0.2, 0) is 24.3 Å². The first kappa shape index (κ1) is 27.0. The van der Waals surface area contributed by atoms with Gasteiger partial charge in [-0.25, -0.2) is 13.8 Å². The number of hydrogen-bond donors (Lipinski definition) is 1. The van der Waals surface area contributed by atoms with Gasteiger partial charge in [0.05, 0.1) is 38.5 Å². The van der Waals surface area contributed by atoms with Gasteiger partial charge in [0, 0.05) is 13.1 Å². The Labute approximate surface area is 210 Å². The number of ether oxygens (including phenoxy) is 3. The summed E-state index contributed by atoms with van der Waals surface area (Å²) in [7, 11) is -2.24. The van der Waals surface area contributed by atoms with Crippen LogP contribution in [-0.4, -0.2) is 83.7 Å². The van der Waals surface area contributed by atoms with E-state index >= 15 is 0 Å². The number of anilines is 1. The fraction of sp³-hybridized carbons (Fsp3) is 0.375. The third-order valence-electron chi connectivity index (χ3n) is 5.41. The van der Waals surface area contributed by atoms with E-state index in [2.05, 4.69) is 10.5 Å². The predicted molar refractivity (Wildman–Crippen MR) is 135 cm³/mol. The monoisotopic (exact) mass is 518 g/mol. The summed E-state index contributed by atoms with van der Waals surface area (Å²) in [6, 6.07) is 12.1. The summed E-state index contributed by atoms with van der Waals surface area (Å²) >= 11 is 0. The summed E-state index contributed by atoms with van der Waals surface area (Å²) in [5.41, 5.74) is 3.37. The molecule has 0 radical (unpaired) electrons. The van der Waals surface area contributed by atoms with E-state index in [1.807, 2.05) is 0 Å². The lowest BCUT2D eigenvalue weighted by Crippen LogP contribution is -2.46. The molecule has 1 N–H and O–H groups in total. The number of nitrogens with one attached hydrogen (secondary N) is 1. The van der Waals surface area contributed by atoms with Crippen LogP contribution in [0.2, 0.25) is 0 Å². The van der Waals surface area contributed by atoms with E-state index in [1.165, 1.54) is 20.2 Å². The molecule has 1 fully saturated rings. The third kappa shape index (κ3) is 7.43. The molecule has 0 aromatic heterocycles. The van der Waals surface area contributed by atoms with Crippen molar-refractivity contribution in [2.75, 3.05) is 50.6 Å². The Hall–Kier alpha value is -3.64. The third-order valence-corrected chi connectivity index (χ3v) is 6.65. The Kier molecular flexibility index (Phi) is 9.25. The Balaban J connectivity index is 1.55. The van der Waals surface area contributed by atoms with Crippen molar-refractivity contribution < 1.29 is 32.2 Å². The molecule has 2 aromatic carbocycles. The molecule has 2 amide bonds. The number of nitrogens with zero attached hydrogens (tertiary/aromatic N) is 3. The van der Waals surface area contributed by atoms with Crippen LogP contribution in [0.4, 0.5) is 5.69 Å². The van der Waals surface area contributed by atoms with Crippen LogP contribution < -0.4 is 19.2 Å². The normalized spacial score (nSPS) is 14.8. The Morgan fingerprint density at radius 3 is 2.31 bits per heavy atom. The molecule has 0 aliphatic carbocycles. The van der Waals surface area contributed by atoms with Crippen LogP contribution in [0.25, 0.3) is 0 Å². The van der Waals surface area contributed by atoms with Crippen molar-refractivity contribution in [3.63, 3.8) is 0 Å². The molecule has 2 aromatic rings. The molecule has 194 valence electrons. The molecule has 1 saturated heterocycles. The minimum Gasteiger partial charge on any atom is -0.497 e. The predicted octanol–water partition coefficient (Wildman–Crippen LogP) is 1.24. The first-order valence-electron chi connectivity index (χ1n) is 11.2. The van der Waals surface area contributed by atoms with Crippen molar-refractivity contribution in [1.82, 2.24) is 10.3 Å². The minimum atomic E-state index is -3.75. The number of sulfonamides is 1. The smallest absolute Gasteiger partial charge is 0.263 e. The van der Waals surface area contributed by atoms with E-state index in [-0.39, 0.29) is 12.5 Å². The number of morpholine rings is 1. The lowest BCUT2D eigenvalue weighted by Gasteiger charge is -2.27. The SMILES string of the molecule is COc1ccc(N([C@@H](C)C(=O)N/N=C\c2ccc(OCC(=O)N3CCOCC3)cc2)S(C)(=O)=O)cc1. The van der Waals surface area contributed by atoms with Gasteiger partial charge < -0.3 is 19.1 Å². The second-order valence-electron chi connectivity index (χ2n) is 8.02. The highest BCUT2D eigenvalue weighted by Crippen LogP contribution is 2.23. The molecule has 0 unspecified atom stereocenters. The first-order chi connectivity index (χ1) is 17.2. The van der Waals surface area contributed by atoms with Crippen LogP contribution in [0.1, 0.15) is 12.5 Å². The van der Waals surface area contributed by atoms with E-state index in [0.717, 1.165) is 10.6 Å². The Bertz CT molecular complexity index is 1160. The average molecular weight is 519 g/mol. The number of amides is 2. The fourth-order valence-corrected chi connectivity index (χ4v) is 4.68. The van der Waals surface area contributed by atoms with E-state index in [0.29, 0.717) is 49.1 Å². The molecule has 12 heteroatoms. The highest BCUT2D eigenvalue weighted by atomic mass is 32.2. The molecule has 36 heavy (non-hydrogen) atoms. The van der Waals surface area contributed by atoms with Crippen molar-refractivity contribution in [2.24, 2.45) is 5.10 Å². The van der Waals surface area contributed by atoms with Crippen molar-refractivity contribution in [3.8, 4) is 11.5 Å². The molecule has 0 spiro atoms. The lowest BCUT2D eigenvalue weighted by molar-refractivity contribution is -0.137. The van der Waals surface area contributed by atoms with E-state index in [9.17, 15) is 18.0 Å². The first-order valence-corrected chi connectivity index (χ1v) is 13.1. The van der Waals surface area contributed by atoms with Gasteiger partial charge in [0.1, 0.15) is 17.5 Å². The zero-order chi connectivity index (χ0) is 26.1. The molecular formula is C24H30N4O7S. The van der Waals surface area contributed by atoms with E-state index in [4.69, 9.17) is 14.2 Å². The Morgan fingerprint density at radius 2 is 1.72 bits per heavy atom. The van der Waals surface area contributed by atoms with E-state index in [1.54, 1.807) is 53.4 Å². The number of carbonyl (C=O) groups is 2. The number of rotatable bonds is 10. The summed E-state index contributed by atoms with van der Waals surface area (Å²) in [5, 5.41) is 3.93. The average Bonchev–Trinajstić information content (AvgIpc) is 2.88. The van der Waals surface area contributed by atoms with Crippen molar-refractivity contribution in [3.05, 3.63) is 54.1 Å². The van der Waals surface area contributed by atoms with Crippen LogP contribution in [0.5, 0.6) is 11.5 Å². The molecule has 1 aliphatic rings. The molecule has 1 heterocycles. The van der Waals surface area contributed by atoms with E-state index < -0.39 is 22.0 Å². The molecule has 0 saturated carbocycles. The minimum absolute atomic E-state index is 0.0631. The van der Waals surface area contributed by atoms with Crippen molar-refractivity contribution in [1.29, 1.82) is 0 Å². The topological polar surface area (TPSA) is 127 Å². The second-order valence-corrected chi connectivity index (χ2v) is 9.88. The maximum Gasteiger partial charge on any atom is 0.263 e. The number of hydrogen-bond acceptors (Lipinski definition) is 8. The highest BCUT2D eigenvalue weighted by Gasteiger charge is 2.29. The second kappa shape index (κ2) is 12.4. The lowest BCUT2D eigenvalue weighted by atomic mass is 10.2. The summed E-state index contributed by atoms with van der Waals surface area (Å²) in [4.78, 5) is 26.5. The number of methoxy groups -OCH3 is 1. The van der Waals surface area contributed by atoms with Crippen LogP contribution in [0.15, 0.2) is 53.6 Å². The zero-order valence-corrected chi connectivity index (χ0v) is 21.2. The quantitative estimate of drug-likeness (QED) is 0.370. The van der Waals surface area contributed by atoms with Crippen LogP contribution >= 0.6 is 0 Å². The van der Waals surface area contributed by atoms with Crippen LogP contribution in [0, 0.1) is 0 Å². The van der Waals surface area contributed by atoms with Crippen molar-refractivity contribution in [2.45, 2.75) is 13.0 Å². The highest BCUT2D eigenvalue weighted by molar-refractivity contribution is 7.92. The van der Waals surface area contributed by atoms with Crippen LogP contribution in [0.3, 0.4) is 0 Å². The Morgan fingerprint density at radius 1 is 1.11 bits per heavy atom. The largest absolute Gasteiger partial charge is 0.497 e. The standard InChI is InChI=1S/C24H30N4O7S/c1-18(28(36(3,31)32)20-6-10-21(33-2)11-7-20)24(30)26-25-16-19-4-8-22(9-5-19)35-17-23(29)27-12-14-34-15-13-27/h4-11,16,18H,12-15,17H2,1-3H3,(H,26,30)/b25-16-/t18-/m0/s1. The van der Waals surface area contributed by atoms with Gasteiger partial charge in [-0.1, -0.05) is 0 Å². The van der Waals surface area contributed by atoms with Gasteiger partial charge >= 0.3 is 0 Å². The van der Waals surface area contributed by atoms with Gasteiger partial charge in [-0.15, -0.1) is 0 Å². The number of benzene rings is 2. The van der Waals surface area contributed by atoms with Crippen molar-refractivity contribution >= 4 is 33.7 Å². The van der Waals surface area contributed by atoms with Gasteiger partial charge in [0.15, 0.2) is 6.61 Å². The molecule has 1 atom stereocenters. The summed E-state index contributed by atoms with van der Waals surface area (Å²) in [6.45, 7) is 3.59. The van der Waals surface area contributed by atoms with Gasteiger partial charge in [0.25, 0.3) is 11.8 Å². The maximum atomic E-state index is 12.6. The number of hydrazone groups is 1.